The van der Waals surface area contributed by atoms with E-state index in [2.05, 4.69) is 224 Å². The first-order valence-corrected chi connectivity index (χ1v) is 22.4. The van der Waals surface area contributed by atoms with E-state index in [9.17, 15) is 0 Å². The summed E-state index contributed by atoms with van der Waals surface area (Å²) in [6, 6.07) is 84.1. The zero-order valence-electron chi connectivity index (χ0n) is 35.8. The Bertz CT molecular complexity index is 3590. The minimum atomic E-state index is -0.804. The van der Waals surface area contributed by atoms with Crippen molar-refractivity contribution in [2.24, 2.45) is 0 Å². The highest BCUT2D eigenvalue weighted by atomic mass is 16.5. The van der Waals surface area contributed by atoms with E-state index >= 15 is 0 Å². The van der Waals surface area contributed by atoms with Gasteiger partial charge in [0.05, 0.1) is 5.41 Å². The molecule has 0 saturated heterocycles. The number of rotatable bonds is 5. The Labute approximate surface area is 383 Å². The molecular formula is C62H39N3O. The normalized spacial score (nSPS) is 14.2. The third-order valence-corrected chi connectivity index (χ3v) is 13.4. The van der Waals surface area contributed by atoms with Crippen molar-refractivity contribution in [3.63, 3.8) is 0 Å². The summed E-state index contributed by atoms with van der Waals surface area (Å²) < 4.78 is 7.06. The number of para-hydroxylation sites is 1. The molecule has 0 saturated carbocycles. The minimum absolute atomic E-state index is 0.591. The van der Waals surface area contributed by atoms with Crippen LogP contribution in [0.4, 0.5) is 0 Å². The third kappa shape index (κ3) is 5.96. The molecule has 1 aliphatic carbocycles. The van der Waals surface area contributed by atoms with Crippen LogP contribution >= 0.6 is 0 Å². The summed E-state index contributed by atoms with van der Waals surface area (Å²) in [6.45, 7) is 0. The van der Waals surface area contributed by atoms with Crippen LogP contribution in [0.2, 0.25) is 0 Å². The fourth-order valence-electron chi connectivity index (χ4n) is 10.4. The third-order valence-electron chi connectivity index (χ3n) is 13.4. The summed E-state index contributed by atoms with van der Waals surface area (Å²) in [5.41, 5.74) is 15.5. The zero-order valence-corrected chi connectivity index (χ0v) is 35.8. The van der Waals surface area contributed by atoms with Gasteiger partial charge in [-0.1, -0.05) is 212 Å². The molecule has 10 aromatic carbocycles. The summed E-state index contributed by atoms with van der Waals surface area (Å²) in [4.78, 5) is 16.0. The standard InChI is InChI=1S/C62H39N3O/c1-3-17-40(18-4-1)43-22-15-24-45(37-43)59-63-60(46-25-16-23-44(38-46)41-19-5-2-6-20-41)65-61(64-59)47-33-35-52-50-28-10-9-27-49(50)51-29-11-12-30-53(51)62(56(52)39-47)54-31-13-14-32-57(54)66-58-48-26-8-7-21-42(48)34-36-55(58)62/h1-39H. The van der Waals surface area contributed by atoms with Gasteiger partial charge in [0, 0.05) is 33.2 Å². The van der Waals surface area contributed by atoms with E-state index < -0.39 is 5.41 Å². The zero-order chi connectivity index (χ0) is 43.6. The van der Waals surface area contributed by atoms with E-state index in [1.54, 1.807) is 0 Å². The van der Waals surface area contributed by atoms with Crippen molar-refractivity contribution in [2.75, 3.05) is 0 Å². The Balaban J connectivity index is 1.11. The van der Waals surface area contributed by atoms with Crippen molar-refractivity contribution in [3.8, 4) is 90.2 Å². The number of benzene rings is 10. The molecule has 66 heavy (non-hydrogen) atoms. The van der Waals surface area contributed by atoms with Crippen LogP contribution in [0, 0.1) is 0 Å². The van der Waals surface area contributed by atoms with Crippen LogP contribution in [0.15, 0.2) is 237 Å². The van der Waals surface area contributed by atoms with E-state index in [4.69, 9.17) is 19.7 Å². The molecular weight excluding hydrogens is 803 g/mol. The summed E-state index contributed by atoms with van der Waals surface area (Å²) in [5.74, 6) is 3.50. The first-order chi connectivity index (χ1) is 32.7. The van der Waals surface area contributed by atoms with Crippen LogP contribution in [0.5, 0.6) is 11.5 Å². The SMILES string of the molecule is c1ccc(-c2cccc(-c3nc(-c4cccc(-c5ccccc5)c4)nc(-c4ccc5c(c4)C4(c6ccccc6Oc6c4ccc4ccccc64)c4ccccc4-c4ccccc4-5)n3)c2)cc1. The fraction of sp³-hybridized carbons (Fsp3) is 0.0161. The maximum atomic E-state index is 7.06. The van der Waals surface area contributed by atoms with Gasteiger partial charge in [-0.3, -0.25) is 0 Å². The second-order valence-corrected chi connectivity index (χ2v) is 17.1. The Morgan fingerprint density at radius 1 is 0.288 bits per heavy atom. The Kier molecular flexibility index (Phi) is 8.72. The van der Waals surface area contributed by atoms with Crippen LogP contribution in [0.1, 0.15) is 22.3 Å². The molecule has 308 valence electrons. The molecule has 0 amide bonds. The maximum Gasteiger partial charge on any atom is 0.164 e. The second-order valence-electron chi connectivity index (χ2n) is 17.1. The number of hydrogen-bond donors (Lipinski definition) is 0. The van der Waals surface area contributed by atoms with Gasteiger partial charge >= 0.3 is 0 Å². The fourth-order valence-corrected chi connectivity index (χ4v) is 10.4. The van der Waals surface area contributed by atoms with E-state index in [0.717, 1.165) is 83.5 Å². The Morgan fingerprint density at radius 3 is 1.42 bits per heavy atom. The van der Waals surface area contributed by atoms with Crippen LogP contribution in [0.3, 0.4) is 0 Å². The number of fused-ring (bicyclic) bond motifs is 13. The number of nitrogens with zero attached hydrogens (tertiary/aromatic N) is 3. The lowest BCUT2D eigenvalue weighted by molar-refractivity contribution is 0.440. The summed E-state index contributed by atoms with van der Waals surface area (Å²) >= 11 is 0. The lowest BCUT2D eigenvalue weighted by Crippen LogP contribution is -2.35. The topological polar surface area (TPSA) is 47.9 Å². The van der Waals surface area contributed by atoms with Gasteiger partial charge in [0.2, 0.25) is 0 Å². The molecule has 0 bridgehead atoms. The molecule has 2 aliphatic rings. The van der Waals surface area contributed by atoms with Gasteiger partial charge in [-0.15, -0.1) is 0 Å². The predicted octanol–water partition coefficient (Wildman–Crippen LogP) is 15.5. The van der Waals surface area contributed by atoms with Gasteiger partial charge < -0.3 is 4.74 Å². The smallest absolute Gasteiger partial charge is 0.164 e. The van der Waals surface area contributed by atoms with Crippen molar-refractivity contribution >= 4 is 10.8 Å². The average molecular weight is 842 g/mol. The lowest BCUT2D eigenvalue weighted by Gasteiger charge is -2.42. The summed E-state index contributed by atoms with van der Waals surface area (Å²) in [5, 5.41) is 2.20. The molecule has 13 rings (SSSR count). The summed E-state index contributed by atoms with van der Waals surface area (Å²) in [7, 11) is 0. The van der Waals surface area contributed by atoms with Gasteiger partial charge in [-0.25, -0.2) is 15.0 Å². The maximum absolute atomic E-state index is 7.06. The van der Waals surface area contributed by atoms with Crippen LogP contribution < -0.4 is 4.74 Å². The van der Waals surface area contributed by atoms with Crippen molar-refractivity contribution in [2.45, 2.75) is 5.41 Å². The highest BCUT2D eigenvalue weighted by Crippen LogP contribution is 2.62. The highest BCUT2D eigenvalue weighted by molar-refractivity contribution is 5.98. The molecule has 1 aliphatic heterocycles. The molecule has 0 radical (unpaired) electrons. The Hall–Kier alpha value is -8.73. The van der Waals surface area contributed by atoms with Gasteiger partial charge in [-0.05, 0) is 85.3 Å². The van der Waals surface area contributed by atoms with Crippen molar-refractivity contribution in [1.29, 1.82) is 0 Å². The molecule has 2 heterocycles. The van der Waals surface area contributed by atoms with Gasteiger partial charge in [0.1, 0.15) is 11.5 Å². The first-order valence-electron chi connectivity index (χ1n) is 22.4. The van der Waals surface area contributed by atoms with E-state index in [1.807, 2.05) is 12.1 Å². The monoisotopic (exact) mass is 841 g/mol. The van der Waals surface area contributed by atoms with E-state index in [0.29, 0.717) is 17.5 Å². The molecule has 1 spiro atoms. The predicted molar refractivity (Wildman–Crippen MR) is 267 cm³/mol. The van der Waals surface area contributed by atoms with Crippen molar-refractivity contribution in [1.82, 2.24) is 15.0 Å². The average Bonchev–Trinajstić information content (AvgIpc) is 3.50. The van der Waals surface area contributed by atoms with Gasteiger partial charge in [-0.2, -0.15) is 0 Å². The highest BCUT2D eigenvalue weighted by Gasteiger charge is 2.49. The second kappa shape index (κ2) is 15.2. The van der Waals surface area contributed by atoms with Crippen LogP contribution in [-0.4, -0.2) is 15.0 Å². The molecule has 11 aromatic rings. The van der Waals surface area contributed by atoms with E-state index in [1.165, 1.54) is 22.3 Å². The lowest BCUT2D eigenvalue weighted by atomic mass is 9.61. The van der Waals surface area contributed by atoms with Crippen LogP contribution in [-0.2, 0) is 5.41 Å². The number of aromatic nitrogens is 3. The molecule has 0 N–H and O–H groups in total. The number of ether oxygens (including phenoxy) is 1. The first kappa shape index (κ1) is 37.8. The molecule has 4 nitrogen and oxygen atoms in total. The molecule has 1 unspecified atom stereocenters. The summed E-state index contributed by atoms with van der Waals surface area (Å²) in [6.07, 6.45) is 0. The van der Waals surface area contributed by atoms with Gasteiger partial charge in [0.25, 0.3) is 0 Å². The number of hydrogen-bond acceptors (Lipinski definition) is 4. The molecule has 1 aromatic heterocycles. The van der Waals surface area contributed by atoms with Crippen LogP contribution in [0.25, 0.3) is 89.4 Å². The Morgan fingerprint density at radius 2 is 0.773 bits per heavy atom. The minimum Gasteiger partial charge on any atom is -0.456 e. The molecule has 4 heteroatoms. The van der Waals surface area contributed by atoms with Crippen molar-refractivity contribution in [3.05, 3.63) is 259 Å². The van der Waals surface area contributed by atoms with Gasteiger partial charge in [0.15, 0.2) is 17.5 Å². The van der Waals surface area contributed by atoms with Crippen molar-refractivity contribution < 1.29 is 4.74 Å². The molecule has 1 atom stereocenters. The van der Waals surface area contributed by atoms with E-state index in [-0.39, 0.29) is 0 Å². The largest absolute Gasteiger partial charge is 0.456 e. The molecule has 0 fully saturated rings. The quantitative estimate of drug-likeness (QED) is 0.173.